The molecule has 2 saturated carbocycles. The number of methoxy groups -OCH3 is 1. The number of aromatic nitrogens is 1. The third-order valence-electron chi connectivity index (χ3n) is 12.8. The minimum absolute atomic E-state index is 0.0773. The lowest BCUT2D eigenvalue weighted by Crippen LogP contribution is -2.70. The van der Waals surface area contributed by atoms with Crippen LogP contribution in [0.5, 0.6) is 5.75 Å². The molecule has 12 heteroatoms. The van der Waals surface area contributed by atoms with Crippen LogP contribution in [0.25, 0.3) is 22.2 Å². The van der Waals surface area contributed by atoms with Crippen LogP contribution >= 0.6 is 0 Å². The Morgan fingerprint density at radius 1 is 0.920 bits per heavy atom. The fourth-order valence-corrected chi connectivity index (χ4v) is 11.2. The van der Waals surface area contributed by atoms with Gasteiger partial charge in [0.15, 0.2) is 0 Å². The maximum Gasteiger partial charge on any atom is 0.304 e. The van der Waals surface area contributed by atoms with E-state index in [-0.39, 0.29) is 23.9 Å². The summed E-state index contributed by atoms with van der Waals surface area (Å²) in [6.07, 6.45) is 7.63. The van der Waals surface area contributed by atoms with Gasteiger partial charge in [-0.2, -0.15) is 12.7 Å². The van der Waals surface area contributed by atoms with E-state index in [4.69, 9.17) is 4.74 Å². The monoisotopic (exact) mass is 700 g/mol. The van der Waals surface area contributed by atoms with Gasteiger partial charge in [0.2, 0.25) is 5.91 Å². The van der Waals surface area contributed by atoms with Crippen molar-refractivity contribution in [3.05, 3.63) is 53.1 Å². The third-order valence-corrected chi connectivity index (χ3v) is 14.3. The molecule has 3 saturated heterocycles. The second-order valence-corrected chi connectivity index (χ2v) is 17.6. The molecule has 1 N–H and O–H groups in total. The van der Waals surface area contributed by atoms with E-state index in [0.29, 0.717) is 44.2 Å². The zero-order valence-corrected chi connectivity index (χ0v) is 30.2. The molecule has 6 aliphatic rings. The topological polar surface area (TPSA) is 107 Å². The quantitative estimate of drug-likeness (QED) is 0.415. The summed E-state index contributed by atoms with van der Waals surface area (Å²) in [7, 11) is 1.81. The molecular weight excluding hydrogens is 653 g/mol. The molecule has 11 nitrogen and oxygen atoms in total. The molecule has 50 heavy (non-hydrogen) atoms. The summed E-state index contributed by atoms with van der Waals surface area (Å²) in [6, 6.07) is 12.5. The molecule has 5 fully saturated rings. The van der Waals surface area contributed by atoms with E-state index in [1.165, 1.54) is 34.7 Å². The van der Waals surface area contributed by atoms with Gasteiger partial charge in [-0.15, -0.1) is 0 Å². The molecule has 5 heterocycles. The fraction of sp³-hybridized carbons (Fsp3) is 0.579. The minimum atomic E-state index is -3.99. The van der Waals surface area contributed by atoms with Crippen molar-refractivity contribution >= 4 is 32.9 Å². The molecule has 266 valence electrons. The first-order valence-corrected chi connectivity index (χ1v) is 19.9. The van der Waals surface area contributed by atoms with Crippen LogP contribution in [0.2, 0.25) is 0 Å². The number of carbonyl (C=O) groups is 2. The molecule has 2 aliphatic carbocycles. The van der Waals surface area contributed by atoms with Crippen molar-refractivity contribution in [1.29, 1.82) is 0 Å². The first kappa shape index (κ1) is 32.5. The summed E-state index contributed by atoms with van der Waals surface area (Å²) in [5.41, 5.74) is 5.39. The maximum absolute atomic E-state index is 14.9. The second-order valence-electron chi connectivity index (χ2n) is 15.9. The second kappa shape index (κ2) is 11.8. The molecule has 2 bridgehead atoms. The van der Waals surface area contributed by atoms with E-state index in [2.05, 4.69) is 43.2 Å². The van der Waals surface area contributed by atoms with Crippen molar-refractivity contribution in [1.82, 2.24) is 28.3 Å². The Kier molecular flexibility index (Phi) is 7.66. The Labute approximate surface area is 294 Å². The van der Waals surface area contributed by atoms with Gasteiger partial charge in [-0.1, -0.05) is 25.3 Å². The van der Waals surface area contributed by atoms with E-state index in [0.717, 1.165) is 66.7 Å². The highest BCUT2D eigenvalue weighted by Crippen LogP contribution is 2.67. The Balaban J connectivity index is 1.17. The van der Waals surface area contributed by atoms with Crippen LogP contribution in [0, 0.1) is 5.41 Å². The largest absolute Gasteiger partial charge is 0.497 e. The van der Waals surface area contributed by atoms with E-state index < -0.39 is 21.5 Å². The number of carbonyl (C=O) groups excluding carboxylic acids is 2. The summed E-state index contributed by atoms with van der Waals surface area (Å²) in [5.74, 6) is 0.858. The lowest BCUT2D eigenvalue weighted by molar-refractivity contribution is -0.159. The van der Waals surface area contributed by atoms with E-state index in [1.807, 2.05) is 25.2 Å². The number of amides is 2. The number of fused-ring (bicyclic) bond motifs is 9. The van der Waals surface area contributed by atoms with Crippen molar-refractivity contribution in [2.45, 2.75) is 75.4 Å². The predicted molar refractivity (Wildman–Crippen MR) is 192 cm³/mol. The minimum Gasteiger partial charge on any atom is -0.497 e. The Hall–Kier alpha value is -3.45. The van der Waals surface area contributed by atoms with Gasteiger partial charge >= 0.3 is 10.2 Å². The van der Waals surface area contributed by atoms with Crippen LogP contribution in [0.4, 0.5) is 0 Å². The molecule has 4 unspecified atom stereocenters. The number of likely N-dealkylation sites (N-methyl/N-ethyl adjacent to an activating group) is 2. The average Bonchev–Trinajstić information content (AvgIpc) is 3.78. The van der Waals surface area contributed by atoms with E-state index in [1.54, 1.807) is 13.2 Å². The molecule has 4 atom stereocenters. The first-order valence-electron chi connectivity index (χ1n) is 18.4. The van der Waals surface area contributed by atoms with Crippen molar-refractivity contribution in [3.63, 3.8) is 0 Å². The summed E-state index contributed by atoms with van der Waals surface area (Å²) in [6.45, 7) is 4.26. The summed E-state index contributed by atoms with van der Waals surface area (Å²) in [5, 5.41) is 1.09. The Morgan fingerprint density at radius 2 is 1.66 bits per heavy atom. The highest BCUT2D eigenvalue weighted by molar-refractivity contribution is 7.87. The van der Waals surface area contributed by atoms with Gasteiger partial charge in [0.1, 0.15) is 5.75 Å². The third kappa shape index (κ3) is 5.03. The van der Waals surface area contributed by atoms with Crippen molar-refractivity contribution in [3.8, 4) is 17.0 Å². The number of ether oxygens (including phenoxy) is 1. The molecule has 0 radical (unpaired) electrons. The summed E-state index contributed by atoms with van der Waals surface area (Å²) in [4.78, 5) is 35.2. The number of rotatable bonds is 6. The number of benzene rings is 2. The SMILES string of the molecule is COc1ccc2c(c1)C1CC1(C(=O)N1C3CC1CN(C)C3)Cn1c-2c(C2CCCCC2)c2ccc(C(=O)NS(=O)(=O)N3CCN(C)CC3)cc21. The zero-order valence-electron chi connectivity index (χ0n) is 29.4. The maximum atomic E-state index is 14.9. The molecule has 1 aromatic heterocycles. The number of piperazine rings is 2. The average molecular weight is 701 g/mol. The standard InChI is InChI=1S/C38H48N6O5S/c1-40-13-15-42(16-14-40)50(47,48)39-36(45)25-9-11-30-33(17-25)43-23-38(37(46)44-26-18-27(44)22-41(2)21-26)20-32(38)31-19-28(49-3)10-12-29(31)35(43)34(30)24-7-5-4-6-8-24/h9-12,17,19,24,26-27,32H,4-8,13-16,18,20-23H2,1-3H3,(H,39,45). The van der Waals surface area contributed by atoms with Crippen molar-refractivity contribution < 1.29 is 22.7 Å². The number of nitrogens with zero attached hydrogens (tertiary/aromatic N) is 5. The fourth-order valence-electron chi connectivity index (χ4n) is 10.1. The van der Waals surface area contributed by atoms with E-state index in [9.17, 15) is 18.0 Å². The molecule has 0 spiro atoms. The van der Waals surface area contributed by atoms with Crippen LogP contribution < -0.4 is 9.46 Å². The van der Waals surface area contributed by atoms with Gasteiger partial charge in [-0.25, -0.2) is 4.72 Å². The molecule has 9 rings (SSSR count). The van der Waals surface area contributed by atoms with Crippen LogP contribution in [0.1, 0.15) is 78.3 Å². The van der Waals surface area contributed by atoms with Crippen LogP contribution in [-0.2, 0) is 21.5 Å². The number of likely N-dealkylation sites (tertiary alicyclic amines) is 2. The molecule has 2 aromatic carbocycles. The zero-order chi connectivity index (χ0) is 34.5. The summed E-state index contributed by atoms with van der Waals surface area (Å²) >= 11 is 0. The van der Waals surface area contributed by atoms with Gasteiger partial charge < -0.3 is 24.0 Å². The van der Waals surface area contributed by atoms with Crippen molar-refractivity contribution in [2.24, 2.45) is 5.41 Å². The summed E-state index contributed by atoms with van der Waals surface area (Å²) < 4.78 is 38.4. The van der Waals surface area contributed by atoms with E-state index >= 15 is 0 Å². The van der Waals surface area contributed by atoms with Crippen LogP contribution in [0.15, 0.2) is 36.4 Å². The van der Waals surface area contributed by atoms with Gasteiger partial charge in [0.05, 0.1) is 18.2 Å². The number of hydrogen-bond acceptors (Lipinski definition) is 7. The number of nitrogens with one attached hydrogen (secondary N) is 1. The van der Waals surface area contributed by atoms with Crippen LogP contribution in [0.3, 0.4) is 0 Å². The number of hydrogen-bond donors (Lipinski definition) is 1. The van der Waals surface area contributed by atoms with Gasteiger partial charge in [-0.3, -0.25) is 9.59 Å². The van der Waals surface area contributed by atoms with Gasteiger partial charge in [0.25, 0.3) is 5.91 Å². The highest BCUT2D eigenvalue weighted by atomic mass is 32.2. The molecule has 2 amide bonds. The normalized spacial score (nSPS) is 28.6. The Morgan fingerprint density at radius 3 is 2.38 bits per heavy atom. The highest BCUT2D eigenvalue weighted by Gasteiger charge is 2.66. The smallest absolute Gasteiger partial charge is 0.304 e. The first-order chi connectivity index (χ1) is 24.1. The predicted octanol–water partition coefficient (Wildman–Crippen LogP) is 3.99. The van der Waals surface area contributed by atoms with Crippen LogP contribution in [-0.4, -0.2) is 116 Å². The lowest BCUT2D eigenvalue weighted by atomic mass is 9.81. The Bertz CT molecular complexity index is 1990. The number of piperidine rings is 1. The van der Waals surface area contributed by atoms with Gasteiger partial charge in [-0.05, 0) is 87.2 Å². The lowest BCUT2D eigenvalue weighted by Gasteiger charge is -2.56. The molecule has 3 aromatic rings. The molecule has 4 aliphatic heterocycles. The van der Waals surface area contributed by atoms with Gasteiger partial charge in [0, 0.05) is 85.8 Å². The molecular formula is C38H48N6O5S. The van der Waals surface area contributed by atoms with Crippen molar-refractivity contribution in [2.75, 3.05) is 60.5 Å².